The Bertz CT molecular complexity index is 153. The lowest BCUT2D eigenvalue weighted by atomic mass is 10.1. The van der Waals surface area contributed by atoms with E-state index < -0.39 is 0 Å². The van der Waals surface area contributed by atoms with Crippen molar-refractivity contribution in [2.24, 2.45) is 0 Å². The first-order chi connectivity index (χ1) is 5.83. The molecular weight excluding hydrogens is 179 g/mol. The van der Waals surface area contributed by atoms with Crippen LogP contribution in [0.15, 0.2) is 11.9 Å². The van der Waals surface area contributed by atoms with E-state index in [1.54, 1.807) is 0 Å². The highest BCUT2D eigenvalue weighted by molar-refractivity contribution is 6.18. The van der Waals surface area contributed by atoms with E-state index in [9.17, 15) is 4.39 Å². The number of hydrogen-bond acceptors (Lipinski definition) is 1. The second-order valence-corrected chi connectivity index (χ2v) is 3.31. The van der Waals surface area contributed by atoms with Gasteiger partial charge in [-0.05, 0) is 25.3 Å². The monoisotopic (exact) mass is 192 g/mol. The van der Waals surface area contributed by atoms with Gasteiger partial charge in [0.05, 0.1) is 11.9 Å². The molecule has 0 aliphatic carbocycles. The molecule has 0 bridgehead atoms. The second-order valence-electron chi connectivity index (χ2n) is 3.00. The summed E-state index contributed by atoms with van der Waals surface area (Å²) >= 11 is 5.36. The fourth-order valence-corrected chi connectivity index (χ4v) is 1.52. The van der Waals surface area contributed by atoms with Gasteiger partial charge in [-0.1, -0.05) is 0 Å². The van der Waals surface area contributed by atoms with Crippen LogP contribution < -0.4 is 0 Å². The number of halogens is 2. The van der Waals surface area contributed by atoms with Crippen LogP contribution in [-0.4, -0.2) is 18.6 Å². The van der Waals surface area contributed by atoms with Gasteiger partial charge in [-0.25, -0.2) is 4.39 Å². The summed E-state index contributed by atoms with van der Waals surface area (Å²) in [6, 6.07) is 0. The van der Waals surface area contributed by atoms with E-state index in [1.807, 2.05) is 0 Å². The van der Waals surface area contributed by atoms with Gasteiger partial charge in [0.2, 0.25) is 0 Å². The van der Waals surface area contributed by atoms with Crippen LogP contribution in [0.1, 0.15) is 25.7 Å². The molecule has 0 N–H and O–H groups in total. The van der Waals surface area contributed by atoms with E-state index in [2.05, 4.69) is 0 Å². The molecule has 1 atom stereocenters. The van der Waals surface area contributed by atoms with Crippen molar-refractivity contribution in [1.82, 2.24) is 0 Å². The minimum atomic E-state index is -0.142. The summed E-state index contributed by atoms with van der Waals surface area (Å²) in [5.74, 6) is 0.107. The van der Waals surface area contributed by atoms with Crippen LogP contribution in [0.3, 0.4) is 0 Å². The lowest BCUT2D eigenvalue weighted by Crippen LogP contribution is -2.18. The molecule has 0 radical (unpaired) electrons. The molecule has 1 rings (SSSR count). The molecule has 0 aromatic rings. The molecule has 1 unspecified atom stereocenters. The molecule has 0 saturated carbocycles. The SMILES string of the molecule is F/C(=C/CCl)CC1CCCCO1. The highest BCUT2D eigenvalue weighted by Gasteiger charge is 2.14. The molecule has 3 heteroatoms. The molecule has 0 aromatic heterocycles. The van der Waals surface area contributed by atoms with Crippen LogP contribution in [-0.2, 0) is 4.74 Å². The number of alkyl halides is 1. The molecule has 0 aromatic carbocycles. The van der Waals surface area contributed by atoms with Crippen LogP contribution in [0.4, 0.5) is 4.39 Å². The first-order valence-electron chi connectivity index (χ1n) is 4.35. The van der Waals surface area contributed by atoms with Gasteiger partial charge in [0.15, 0.2) is 0 Å². The first kappa shape index (κ1) is 10.0. The first-order valence-corrected chi connectivity index (χ1v) is 4.88. The lowest BCUT2D eigenvalue weighted by molar-refractivity contribution is 0.0139. The van der Waals surface area contributed by atoms with Gasteiger partial charge >= 0.3 is 0 Å². The largest absolute Gasteiger partial charge is 0.378 e. The van der Waals surface area contributed by atoms with Crippen LogP contribution in [0.5, 0.6) is 0 Å². The van der Waals surface area contributed by atoms with Gasteiger partial charge in [-0.15, -0.1) is 11.6 Å². The number of ether oxygens (including phenoxy) is 1. The average molecular weight is 193 g/mol. The van der Waals surface area contributed by atoms with Crippen molar-refractivity contribution >= 4 is 11.6 Å². The van der Waals surface area contributed by atoms with Crippen molar-refractivity contribution in [2.45, 2.75) is 31.8 Å². The van der Waals surface area contributed by atoms with E-state index in [0.717, 1.165) is 25.9 Å². The van der Waals surface area contributed by atoms with Gasteiger partial charge in [-0.3, -0.25) is 0 Å². The van der Waals surface area contributed by atoms with Gasteiger partial charge in [0.1, 0.15) is 0 Å². The zero-order valence-corrected chi connectivity index (χ0v) is 7.82. The minimum absolute atomic E-state index is 0.0817. The summed E-state index contributed by atoms with van der Waals surface area (Å²) < 4.78 is 18.3. The smallest absolute Gasteiger partial charge is 0.0997 e. The fourth-order valence-electron chi connectivity index (χ4n) is 1.35. The van der Waals surface area contributed by atoms with Crippen molar-refractivity contribution < 1.29 is 9.13 Å². The lowest BCUT2D eigenvalue weighted by Gasteiger charge is -2.21. The van der Waals surface area contributed by atoms with E-state index >= 15 is 0 Å². The minimum Gasteiger partial charge on any atom is -0.378 e. The van der Waals surface area contributed by atoms with E-state index in [4.69, 9.17) is 16.3 Å². The predicted molar refractivity (Wildman–Crippen MR) is 48.1 cm³/mol. The van der Waals surface area contributed by atoms with Gasteiger partial charge in [0.25, 0.3) is 0 Å². The maximum absolute atomic E-state index is 12.9. The molecule has 1 heterocycles. The Morgan fingerprint density at radius 1 is 1.58 bits per heavy atom. The Balaban J connectivity index is 2.24. The Morgan fingerprint density at radius 3 is 3.00 bits per heavy atom. The molecule has 0 spiro atoms. The third-order valence-electron chi connectivity index (χ3n) is 2.00. The second kappa shape index (κ2) is 5.55. The third kappa shape index (κ3) is 3.55. The summed E-state index contributed by atoms with van der Waals surface area (Å²) in [4.78, 5) is 0. The van der Waals surface area contributed by atoms with E-state index in [0.29, 0.717) is 6.42 Å². The summed E-state index contributed by atoms with van der Waals surface area (Å²) in [6.07, 6.45) is 5.12. The van der Waals surface area contributed by atoms with Crippen molar-refractivity contribution in [3.63, 3.8) is 0 Å². The van der Waals surface area contributed by atoms with Crippen molar-refractivity contribution in [3.05, 3.63) is 11.9 Å². The molecule has 12 heavy (non-hydrogen) atoms. The number of allylic oxidation sites excluding steroid dienone is 1. The zero-order valence-electron chi connectivity index (χ0n) is 7.06. The number of hydrogen-bond donors (Lipinski definition) is 0. The van der Waals surface area contributed by atoms with Gasteiger partial charge < -0.3 is 4.74 Å². The Hall–Kier alpha value is -0.0800. The Kier molecular flexibility index (Phi) is 4.62. The molecule has 1 nitrogen and oxygen atoms in total. The quantitative estimate of drug-likeness (QED) is 0.625. The Labute approximate surface area is 77.5 Å². The normalized spacial score (nSPS) is 25.8. The average Bonchev–Trinajstić information content (AvgIpc) is 2.06. The molecule has 1 fully saturated rings. The van der Waals surface area contributed by atoms with Crippen LogP contribution in [0.2, 0.25) is 0 Å². The highest BCUT2D eigenvalue weighted by atomic mass is 35.5. The summed E-state index contributed by atoms with van der Waals surface area (Å²) in [5, 5.41) is 0. The molecule has 0 amide bonds. The van der Waals surface area contributed by atoms with Crippen molar-refractivity contribution in [3.8, 4) is 0 Å². The van der Waals surface area contributed by atoms with Crippen LogP contribution in [0.25, 0.3) is 0 Å². The van der Waals surface area contributed by atoms with E-state index in [1.165, 1.54) is 6.08 Å². The van der Waals surface area contributed by atoms with E-state index in [-0.39, 0.29) is 17.8 Å². The summed E-state index contributed by atoms with van der Waals surface area (Å²) in [5.41, 5.74) is 0. The molecule has 70 valence electrons. The third-order valence-corrected chi connectivity index (χ3v) is 2.15. The topological polar surface area (TPSA) is 9.23 Å². The molecule has 1 aliphatic heterocycles. The van der Waals surface area contributed by atoms with Crippen molar-refractivity contribution in [1.29, 1.82) is 0 Å². The predicted octanol–water partition coefficient (Wildman–Crippen LogP) is 3.04. The standard InChI is InChI=1S/C9H14ClFO/c10-5-4-8(11)7-9-3-1-2-6-12-9/h4,9H,1-3,5-7H2/b8-4+. The highest BCUT2D eigenvalue weighted by Crippen LogP contribution is 2.19. The Morgan fingerprint density at radius 2 is 2.42 bits per heavy atom. The maximum Gasteiger partial charge on any atom is 0.0997 e. The summed E-state index contributed by atoms with van der Waals surface area (Å²) in [7, 11) is 0. The van der Waals surface area contributed by atoms with Gasteiger partial charge in [-0.2, -0.15) is 0 Å². The molecule has 1 saturated heterocycles. The van der Waals surface area contributed by atoms with Crippen LogP contribution >= 0.6 is 11.6 Å². The summed E-state index contributed by atoms with van der Waals surface area (Å²) in [6.45, 7) is 0.777. The maximum atomic E-state index is 12.9. The van der Waals surface area contributed by atoms with Crippen LogP contribution in [0, 0.1) is 0 Å². The number of rotatable bonds is 3. The van der Waals surface area contributed by atoms with Gasteiger partial charge in [0, 0.05) is 18.9 Å². The fraction of sp³-hybridized carbons (Fsp3) is 0.778. The van der Waals surface area contributed by atoms with Crippen molar-refractivity contribution in [2.75, 3.05) is 12.5 Å². The zero-order chi connectivity index (χ0) is 8.81. The molecular formula is C9H14ClFO. The molecule has 1 aliphatic rings.